The molecule has 20 heavy (non-hydrogen) atoms. The number of nitrogens with one attached hydrogen (secondary N) is 1. The number of carbonyl (C=O) groups excluding carboxylic acids is 1. The zero-order chi connectivity index (χ0) is 15.1. The molecule has 0 spiro atoms. The molecule has 0 fully saturated rings. The molecule has 112 valence electrons. The first-order valence-electron chi connectivity index (χ1n) is 6.91. The number of rotatable bonds is 7. The molecule has 1 aromatic carbocycles. The standard InChI is InChI=1S/C15H26N4O/c1-18(2)10-6-5-9-17-15(20)12-7-8-14(19(3)4)13(16)11-12/h7-8,11H,5-6,9-10,16H2,1-4H3,(H,17,20). The normalized spacial score (nSPS) is 10.7. The second kappa shape index (κ2) is 7.75. The Hall–Kier alpha value is -1.75. The van der Waals surface area contributed by atoms with E-state index in [0.29, 0.717) is 17.8 Å². The first-order chi connectivity index (χ1) is 9.41. The number of carbonyl (C=O) groups is 1. The molecule has 0 radical (unpaired) electrons. The van der Waals surface area contributed by atoms with Crippen molar-refractivity contribution in [3.63, 3.8) is 0 Å². The quantitative estimate of drug-likeness (QED) is 0.585. The summed E-state index contributed by atoms with van der Waals surface area (Å²) in [4.78, 5) is 16.1. The van der Waals surface area contributed by atoms with Gasteiger partial charge in [-0.15, -0.1) is 0 Å². The third-order valence-corrected chi connectivity index (χ3v) is 3.09. The SMILES string of the molecule is CN(C)CCCCNC(=O)c1ccc(N(C)C)c(N)c1. The van der Waals surface area contributed by atoms with Crippen molar-refractivity contribution in [2.24, 2.45) is 0 Å². The summed E-state index contributed by atoms with van der Waals surface area (Å²) in [6.45, 7) is 1.74. The first-order valence-corrected chi connectivity index (χ1v) is 6.91. The van der Waals surface area contributed by atoms with Gasteiger partial charge in [-0.05, 0) is 51.7 Å². The van der Waals surface area contributed by atoms with Crippen molar-refractivity contribution < 1.29 is 4.79 Å². The number of nitrogens with two attached hydrogens (primary N) is 1. The Morgan fingerprint density at radius 1 is 1.20 bits per heavy atom. The second-order valence-electron chi connectivity index (χ2n) is 5.43. The van der Waals surface area contributed by atoms with Crippen LogP contribution in [0.3, 0.4) is 0 Å². The van der Waals surface area contributed by atoms with Crippen molar-refractivity contribution in [1.82, 2.24) is 10.2 Å². The molecule has 0 saturated heterocycles. The van der Waals surface area contributed by atoms with Crippen LogP contribution in [-0.2, 0) is 0 Å². The van der Waals surface area contributed by atoms with E-state index in [-0.39, 0.29) is 5.91 Å². The van der Waals surface area contributed by atoms with E-state index in [2.05, 4.69) is 10.2 Å². The third-order valence-electron chi connectivity index (χ3n) is 3.09. The predicted octanol–water partition coefficient (Wildman–Crippen LogP) is 1.41. The smallest absolute Gasteiger partial charge is 0.251 e. The molecule has 1 rings (SSSR count). The van der Waals surface area contributed by atoms with Crippen LogP contribution in [0.15, 0.2) is 18.2 Å². The minimum atomic E-state index is -0.0631. The molecule has 0 unspecified atom stereocenters. The van der Waals surface area contributed by atoms with Gasteiger partial charge in [0, 0.05) is 26.2 Å². The highest BCUT2D eigenvalue weighted by Gasteiger charge is 2.08. The van der Waals surface area contributed by atoms with Gasteiger partial charge in [0.2, 0.25) is 0 Å². The molecule has 0 atom stereocenters. The van der Waals surface area contributed by atoms with Crippen molar-refractivity contribution in [3.05, 3.63) is 23.8 Å². The lowest BCUT2D eigenvalue weighted by Gasteiger charge is -2.16. The topological polar surface area (TPSA) is 61.6 Å². The molecule has 0 aliphatic carbocycles. The highest BCUT2D eigenvalue weighted by Crippen LogP contribution is 2.22. The lowest BCUT2D eigenvalue weighted by atomic mass is 10.1. The van der Waals surface area contributed by atoms with Crippen molar-refractivity contribution >= 4 is 17.3 Å². The van der Waals surface area contributed by atoms with E-state index < -0.39 is 0 Å². The fraction of sp³-hybridized carbons (Fsp3) is 0.533. The zero-order valence-electron chi connectivity index (χ0n) is 12.9. The second-order valence-corrected chi connectivity index (χ2v) is 5.43. The van der Waals surface area contributed by atoms with E-state index in [1.54, 1.807) is 12.1 Å². The van der Waals surface area contributed by atoms with Crippen LogP contribution in [0.2, 0.25) is 0 Å². The molecule has 5 nitrogen and oxygen atoms in total. The maximum absolute atomic E-state index is 12.0. The Bertz CT molecular complexity index is 443. The number of nitrogen functional groups attached to an aromatic ring is 1. The summed E-state index contributed by atoms with van der Waals surface area (Å²) >= 11 is 0. The molecule has 5 heteroatoms. The maximum atomic E-state index is 12.0. The van der Waals surface area contributed by atoms with E-state index in [9.17, 15) is 4.79 Å². The van der Waals surface area contributed by atoms with Gasteiger partial charge in [0.25, 0.3) is 5.91 Å². The van der Waals surface area contributed by atoms with Gasteiger partial charge in [-0.1, -0.05) is 0 Å². The summed E-state index contributed by atoms with van der Waals surface area (Å²) in [5, 5.41) is 2.92. The summed E-state index contributed by atoms with van der Waals surface area (Å²) in [5.74, 6) is -0.0631. The Labute approximate surface area is 121 Å². The molecule has 1 amide bonds. The number of hydrogen-bond acceptors (Lipinski definition) is 4. The number of nitrogens with zero attached hydrogens (tertiary/aromatic N) is 2. The van der Waals surface area contributed by atoms with Gasteiger partial charge in [0.1, 0.15) is 0 Å². The third kappa shape index (κ3) is 5.09. The van der Waals surface area contributed by atoms with Crippen LogP contribution < -0.4 is 16.0 Å². The Kier molecular flexibility index (Phi) is 6.31. The minimum absolute atomic E-state index is 0.0631. The lowest BCUT2D eigenvalue weighted by Crippen LogP contribution is -2.25. The average Bonchev–Trinajstić information content (AvgIpc) is 2.37. The molecule has 0 heterocycles. The lowest BCUT2D eigenvalue weighted by molar-refractivity contribution is 0.0953. The maximum Gasteiger partial charge on any atom is 0.251 e. The highest BCUT2D eigenvalue weighted by atomic mass is 16.1. The molecular weight excluding hydrogens is 252 g/mol. The summed E-state index contributed by atoms with van der Waals surface area (Å²) in [6, 6.07) is 5.40. The van der Waals surface area contributed by atoms with Crippen molar-refractivity contribution in [2.45, 2.75) is 12.8 Å². The van der Waals surface area contributed by atoms with E-state index in [4.69, 9.17) is 5.73 Å². The van der Waals surface area contributed by atoms with E-state index in [1.165, 1.54) is 0 Å². The van der Waals surface area contributed by atoms with Crippen LogP contribution in [-0.4, -0.2) is 52.1 Å². The van der Waals surface area contributed by atoms with Gasteiger partial charge >= 0.3 is 0 Å². The molecule has 0 aliphatic rings. The number of anilines is 2. The summed E-state index contributed by atoms with van der Waals surface area (Å²) in [5.41, 5.74) is 8.10. The summed E-state index contributed by atoms with van der Waals surface area (Å²) in [6.07, 6.45) is 2.06. The Morgan fingerprint density at radius 3 is 2.45 bits per heavy atom. The Balaban J connectivity index is 2.46. The molecular formula is C15H26N4O. The van der Waals surface area contributed by atoms with Crippen LogP contribution in [0, 0.1) is 0 Å². The first kappa shape index (κ1) is 16.3. The number of unbranched alkanes of at least 4 members (excludes halogenated alkanes) is 1. The zero-order valence-corrected chi connectivity index (χ0v) is 12.9. The van der Waals surface area contributed by atoms with Gasteiger partial charge in [-0.25, -0.2) is 0 Å². The number of hydrogen-bond donors (Lipinski definition) is 2. The average molecular weight is 278 g/mol. The molecule has 0 bridgehead atoms. The molecule has 1 aromatic rings. The number of benzene rings is 1. The van der Waals surface area contributed by atoms with Crippen LogP contribution in [0.25, 0.3) is 0 Å². The van der Waals surface area contributed by atoms with Crippen LogP contribution in [0.5, 0.6) is 0 Å². The number of amides is 1. The van der Waals surface area contributed by atoms with Gasteiger partial charge < -0.3 is 20.9 Å². The monoisotopic (exact) mass is 278 g/mol. The van der Waals surface area contributed by atoms with Crippen molar-refractivity contribution in [1.29, 1.82) is 0 Å². The fourth-order valence-corrected chi connectivity index (χ4v) is 1.96. The minimum Gasteiger partial charge on any atom is -0.397 e. The van der Waals surface area contributed by atoms with E-state index in [0.717, 1.165) is 25.1 Å². The van der Waals surface area contributed by atoms with Crippen molar-refractivity contribution in [3.8, 4) is 0 Å². The molecule has 0 saturated carbocycles. The van der Waals surface area contributed by atoms with Gasteiger partial charge in [-0.2, -0.15) is 0 Å². The van der Waals surface area contributed by atoms with Crippen LogP contribution in [0.1, 0.15) is 23.2 Å². The van der Waals surface area contributed by atoms with E-state index >= 15 is 0 Å². The van der Waals surface area contributed by atoms with Gasteiger partial charge in [0.15, 0.2) is 0 Å². The van der Waals surface area contributed by atoms with E-state index in [1.807, 2.05) is 39.2 Å². The van der Waals surface area contributed by atoms with Gasteiger partial charge in [-0.3, -0.25) is 4.79 Å². The summed E-state index contributed by atoms with van der Waals surface area (Å²) in [7, 11) is 7.95. The summed E-state index contributed by atoms with van der Waals surface area (Å²) < 4.78 is 0. The van der Waals surface area contributed by atoms with Gasteiger partial charge in [0.05, 0.1) is 11.4 Å². The molecule has 0 aliphatic heterocycles. The fourth-order valence-electron chi connectivity index (χ4n) is 1.96. The largest absolute Gasteiger partial charge is 0.397 e. The van der Waals surface area contributed by atoms with Crippen LogP contribution in [0.4, 0.5) is 11.4 Å². The van der Waals surface area contributed by atoms with Crippen LogP contribution >= 0.6 is 0 Å². The molecule has 0 aromatic heterocycles. The molecule has 3 N–H and O–H groups in total. The van der Waals surface area contributed by atoms with Crippen molar-refractivity contribution in [2.75, 3.05) is 51.9 Å². The highest BCUT2D eigenvalue weighted by molar-refractivity contribution is 5.96. The Morgan fingerprint density at radius 2 is 1.90 bits per heavy atom. The predicted molar refractivity (Wildman–Crippen MR) is 85.3 cm³/mol.